The maximum Gasteiger partial charge on any atom is 0.181 e. The van der Waals surface area contributed by atoms with Gasteiger partial charge in [0.25, 0.3) is 0 Å². The zero-order chi connectivity index (χ0) is 6.81. The number of hydrogen-bond donors (Lipinski definition) is 0. The molecule has 2 rings (SSSR count). The van der Waals surface area contributed by atoms with E-state index in [1.54, 1.807) is 18.6 Å². The average Bonchev–Trinajstić information content (AvgIpc) is 2.05. The molecule has 11 heavy (non-hydrogen) atoms. The molecule has 0 aliphatic rings. The Kier molecular flexibility index (Phi) is 2.06. The first-order chi connectivity index (χ1) is 4.97. The second-order valence-corrected chi connectivity index (χ2v) is 1.79. The Labute approximate surface area is 64.4 Å². The number of aromatic nitrogens is 4. The third-order valence-corrected chi connectivity index (χ3v) is 1.15. The first-order valence-electron chi connectivity index (χ1n) is 2.83. The highest BCUT2D eigenvalue weighted by molar-refractivity contribution is 5.66. The molecule has 0 aliphatic carbocycles. The summed E-state index contributed by atoms with van der Waals surface area (Å²) in [6, 6.07) is 0. The van der Waals surface area contributed by atoms with E-state index in [1.807, 2.05) is 0 Å². The summed E-state index contributed by atoms with van der Waals surface area (Å²) in [6.45, 7) is 0. The van der Waals surface area contributed by atoms with Crippen molar-refractivity contribution < 1.29 is 0 Å². The Hall–Kier alpha value is -1.58. The van der Waals surface area contributed by atoms with Gasteiger partial charge in [-0.25, -0.2) is 19.9 Å². The fourth-order valence-electron chi connectivity index (χ4n) is 0.724. The minimum absolute atomic E-state index is 0. The fourth-order valence-corrected chi connectivity index (χ4v) is 0.724. The summed E-state index contributed by atoms with van der Waals surface area (Å²) in [7, 11) is 0. The van der Waals surface area contributed by atoms with Crippen LogP contribution in [-0.4, -0.2) is 19.9 Å². The Bertz CT molecular complexity index is 281. The minimum atomic E-state index is 0. The smallest absolute Gasteiger partial charge is 0.181 e. The zero-order valence-electron chi connectivity index (χ0n) is 5.10. The van der Waals surface area contributed by atoms with E-state index in [2.05, 4.69) is 19.9 Å². The maximum absolute atomic E-state index is 3.99. The molecule has 0 saturated carbocycles. The Morgan fingerprint density at radius 2 is 1.82 bits per heavy atom. The summed E-state index contributed by atoms with van der Waals surface area (Å²) < 4.78 is 0. The molecule has 2 aromatic rings. The van der Waals surface area contributed by atoms with E-state index in [9.17, 15) is 0 Å². The van der Waals surface area contributed by atoms with Gasteiger partial charge in [-0.1, -0.05) is 7.43 Å². The summed E-state index contributed by atoms with van der Waals surface area (Å²) in [5.41, 5.74) is 1.36. The standard InChI is InChI=1S/C6H4N4.CH4/c1-2-9-6-5(8-1)3-7-4-10-6;/h1-4H;1H4. The molecule has 0 atom stereocenters. The van der Waals surface area contributed by atoms with Gasteiger partial charge < -0.3 is 0 Å². The highest BCUT2D eigenvalue weighted by atomic mass is 14.9. The highest BCUT2D eigenvalue weighted by Crippen LogP contribution is 1.98. The topological polar surface area (TPSA) is 51.6 Å². The van der Waals surface area contributed by atoms with Crippen LogP contribution >= 0.6 is 0 Å². The van der Waals surface area contributed by atoms with E-state index < -0.39 is 0 Å². The quantitative estimate of drug-likeness (QED) is 0.560. The number of hydrogen-bond acceptors (Lipinski definition) is 4. The molecular formula is C7H8N4. The van der Waals surface area contributed by atoms with Crippen molar-refractivity contribution in [3.63, 3.8) is 0 Å². The molecule has 0 fully saturated rings. The van der Waals surface area contributed by atoms with Crippen LogP contribution in [0.15, 0.2) is 24.9 Å². The Morgan fingerprint density at radius 3 is 2.64 bits per heavy atom. The van der Waals surface area contributed by atoms with E-state index >= 15 is 0 Å². The van der Waals surface area contributed by atoms with Crippen LogP contribution in [0.25, 0.3) is 11.2 Å². The molecule has 0 radical (unpaired) electrons. The van der Waals surface area contributed by atoms with Crippen LogP contribution in [0.3, 0.4) is 0 Å². The predicted molar refractivity (Wildman–Crippen MR) is 41.9 cm³/mol. The number of rotatable bonds is 0. The third-order valence-electron chi connectivity index (χ3n) is 1.15. The molecule has 2 aromatic heterocycles. The normalized spacial score (nSPS) is 9.09. The predicted octanol–water partition coefficient (Wildman–Crippen LogP) is 1.06. The van der Waals surface area contributed by atoms with Crippen LogP contribution in [0.2, 0.25) is 0 Å². The lowest BCUT2D eigenvalue weighted by atomic mass is 10.5. The lowest BCUT2D eigenvalue weighted by molar-refractivity contribution is 1.15. The minimum Gasteiger partial charge on any atom is -0.250 e. The second kappa shape index (κ2) is 3.01. The fraction of sp³-hybridized carbons (Fsp3) is 0.143. The second-order valence-electron chi connectivity index (χ2n) is 1.79. The van der Waals surface area contributed by atoms with Crippen molar-refractivity contribution >= 4 is 11.2 Å². The molecule has 0 bridgehead atoms. The van der Waals surface area contributed by atoms with Gasteiger partial charge in [-0.2, -0.15) is 0 Å². The van der Waals surface area contributed by atoms with Crippen LogP contribution in [0.4, 0.5) is 0 Å². The summed E-state index contributed by atoms with van der Waals surface area (Å²) in [4.78, 5) is 15.7. The van der Waals surface area contributed by atoms with Crippen molar-refractivity contribution in [2.75, 3.05) is 0 Å². The molecule has 0 aromatic carbocycles. The van der Waals surface area contributed by atoms with E-state index in [0.717, 1.165) is 5.52 Å². The molecule has 2 heterocycles. The van der Waals surface area contributed by atoms with Crippen LogP contribution in [0, 0.1) is 0 Å². The van der Waals surface area contributed by atoms with Crippen molar-refractivity contribution in [1.82, 2.24) is 19.9 Å². The van der Waals surface area contributed by atoms with Gasteiger partial charge in [-0.05, 0) is 0 Å². The molecule has 4 nitrogen and oxygen atoms in total. The van der Waals surface area contributed by atoms with Gasteiger partial charge in [0.1, 0.15) is 11.8 Å². The van der Waals surface area contributed by atoms with Crippen molar-refractivity contribution in [3.05, 3.63) is 24.9 Å². The monoisotopic (exact) mass is 148 g/mol. The van der Waals surface area contributed by atoms with E-state index in [-0.39, 0.29) is 7.43 Å². The lowest BCUT2D eigenvalue weighted by Crippen LogP contribution is -1.85. The van der Waals surface area contributed by atoms with Crippen LogP contribution in [0.5, 0.6) is 0 Å². The first kappa shape index (κ1) is 7.53. The maximum atomic E-state index is 3.99. The molecule has 56 valence electrons. The third kappa shape index (κ3) is 1.29. The summed E-state index contributed by atoms with van der Waals surface area (Å²) in [6.07, 6.45) is 6.31. The van der Waals surface area contributed by atoms with Crippen LogP contribution in [-0.2, 0) is 0 Å². The molecule has 0 N–H and O–H groups in total. The first-order valence-corrected chi connectivity index (χ1v) is 2.83. The van der Waals surface area contributed by atoms with Crippen molar-refractivity contribution in [2.45, 2.75) is 7.43 Å². The molecule has 0 amide bonds. The number of fused-ring (bicyclic) bond motifs is 1. The molecule has 0 aliphatic heterocycles. The Balaban J connectivity index is 0.000000605. The van der Waals surface area contributed by atoms with Gasteiger partial charge in [0, 0.05) is 12.4 Å². The SMILES string of the molecule is C.c1cnc2ncncc2n1. The van der Waals surface area contributed by atoms with Gasteiger partial charge in [-0.3, -0.25) is 0 Å². The van der Waals surface area contributed by atoms with Gasteiger partial charge in [0.2, 0.25) is 0 Å². The van der Waals surface area contributed by atoms with Gasteiger partial charge in [-0.15, -0.1) is 0 Å². The Morgan fingerprint density at radius 1 is 1.00 bits per heavy atom. The average molecular weight is 148 g/mol. The van der Waals surface area contributed by atoms with Crippen molar-refractivity contribution in [3.8, 4) is 0 Å². The van der Waals surface area contributed by atoms with Crippen molar-refractivity contribution in [1.29, 1.82) is 0 Å². The summed E-state index contributed by atoms with van der Waals surface area (Å²) in [5.74, 6) is 0. The molecule has 4 heteroatoms. The molecule has 0 spiro atoms. The zero-order valence-corrected chi connectivity index (χ0v) is 5.10. The highest BCUT2D eigenvalue weighted by Gasteiger charge is 1.90. The lowest BCUT2D eigenvalue weighted by Gasteiger charge is -1.89. The van der Waals surface area contributed by atoms with Gasteiger partial charge >= 0.3 is 0 Å². The molecular weight excluding hydrogens is 140 g/mol. The van der Waals surface area contributed by atoms with E-state index in [0.29, 0.717) is 5.65 Å². The molecule has 0 unspecified atom stereocenters. The van der Waals surface area contributed by atoms with Crippen LogP contribution < -0.4 is 0 Å². The summed E-state index contributed by atoms with van der Waals surface area (Å²) in [5, 5.41) is 0. The van der Waals surface area contributed by atoms with Crippen LogP contribution in [0.1, 0.15) is 7.43 Å². The van der Waals surface area contributed by atoms with Gasteiger partial charge in [0.15, 0.2) is 5.65 Å². The van der Waals surface area contributed by atoms with E-state index in [1.165, 1.54) is 6.33 Å². The molecule has 0 saturated heterocycles. The van der Waals surface area contributed by atoms with E-state index in [4.69, 9.17) is 0 Å². The summed E-state index contributed by atoms with van der Waals surface area (Å²) >= 11 is 0. The van der Waals surface area contributed by atoms with Gasteiger partial charge in [0.05, 0.1) is 6.20 Å². The van der Waals surface area contributed by atoms with Crippen molar-refractivity contribution in [2.24, 2.45) is 0 Å². The largest absolute Gasteiger partial charge is 0.250 e. The number of nitrogens with zero attached hydrogens (tertiary/aromatic N) is 4.